The van der Waals surface area contributed by atoms with E-state index in [1.165, 1.54) is 0 Å². The molecule has 0 radical (unpaired) electrons. The van der Waals surface area contributed by atoms with Crippen molar-refractivity contribution in [3.63, 3.8) is 0 Å². The molecule has 19 heavy (non-hydrogen) atoms. The maximum Gasteiger partial charge on any atom is 0.126 e. The van der Waals surface area contributed by atoms with E-state index in [0.717, 1.165) is 48.7 Å². The Morgan fingerprint density at radius 3 is 2.74 bits per heavy atom. The quantitative estimate of drug-likeness (QED) is 0.655. The maximum atomic E-state index is 9.28. The Morgan fingerprint density at radius 1 is 1.32 bits per heavy atom. The van der Waals surface area contributed by atoms with E-state index in [-0.39, 0.29) is 0 Å². The third-order valence-electron chi connectivity index (χ3n) is 4.02. The summed E-state index contributed by atoms with van der Waals surface area (Å²) < 4.78 is 5.37. The van der Waals surface area contributed by atoms with E-state index in [0.29, 0.717) is 5.92 Å². The fourth-order valence-electron chi connectivity index (χ4n) is 3.00. The average molecular weight is 258 g/mol. The van der Waals surface area contributed by atoms with Gasteiger partial charge in [-0.15, -0.1) is 0 Å². The molecule has 0 unspecified atom stereocenters. The number of fused-ring (bicyclic) bond motifs is 3. The molecule has 3 aliphatic rings. The lowest BCUT2D eigenvalue weighted by molar-refractivity contribution is 0.229. The molecule has 1 aromatic rings. The Morgan fingerprint density at radius 2 is 2.05 bits per heavy atom. The molecule has 0 spiro atoms. The lowest BCUT2D eigenvalue weighted by Gasteiger charge is -2.42. The molecule has 3 fully saturated rings. The second kappa shape index (κ2) is 4.96. The monoisotopic (exact) mass is 258 g/mol. The van der Waals surface area contributed by atoms with Crippen LogP contribution in [0.5, 0.6) is 5.75 Å². The van der Waals surface area contributed by atoms with Gasteiger partial charge in [0.1, 0.15) is 11.5 Å². The second-order valence-corrected chi connectivity index (χ2v) is 5.02. The van der Waals surface area contributed by atoms with Crippen molar-refractivity contribution in [2.75, 3.05) is 20.2 Å². The number of rotatable bonds is 2. The highest BCUT2D eigenvalue weighted by Crippen LogP contribution is 2.34. The first-order chi connectivity index (χ1) is 9.33. The Labute approximate surface area is 113 Å². The summed E-state index contributed by atoms with van der Waals surface area (Å²) in [7, 11) is 1.67. The summed E-state index contributed by atoms with van der Waals surface area (Å²) in [4.78, 5) is 2.29. The van der Waals surface area contributed by atoms with E-state index in [4.69, 9.17) is 4.74 Å². The van der Waals surface area contributed by atoms with Crippen molar-refractivity contribution in [3.8, 4) is 5.75 Å². The first kappa shape index (κ1) is 12.1. The molecule has 0 amide bonds. The molecule has 4 rings (SSSR count). The van der Waals surface area contributed by atoms with Crippen LogP contribution in [0.25, 0.3) is 6.08 Å². The van der Waals surface area contributed by atoms with Gasteiger partial charge in [0.2, 0.25) is 0 Å². The van der Waals surface area contributed by atoms with E-state index in [1.54, 1.807) is 7.11 Å². The number of hydrogen-bond donors (Lipinski definition) is 1. The van der Waals surface area contributed by atoms with Crippen LogP contribution in [0.1, 0.15) is 18.4 Å². The van der Waals surface area contributed by atoms with E-state index >= 15 is 0 Å². The standard InChI is InChI=1S/C15H18N2O2/c1-19-14-5-3-2-4-12(14)10-13-15(16-18)11-6-8-17(13)9-7-11/h2-5,10-11,18H,6-9H2,1H3/b13-10-,16-15-. The van der Waals surface area contributed by atoms with Crippen molar-refractivity contribution in [2.24, 2.45) is 11.1 Å². The van der Waals surface area contributed by atoms with Gasteiger partial charge < -0.3 is 14.8 Å². The van der Waals surface area contributed by atoms with Gasteiger partial charge in [-0.1, -0.05) is 23.4 Å². The lowest BCUT2D eigenvalue weighted by Crippen LogP contribution is -2.46. The summed E-state index contributed by atoms with van der Waals surface area (Å²) >= 11 is 0. The van der Waals surface area contributed by atoms with Crippen molar-refractivity contribution in [3.05, 3.63) is 35.5 Å². The van der Waals surface area contributed by atoms with Crippen LogP contribution >= 0.6 is 0 Å². The van der Waals surface area contributed by atoms with Crippen LogP contribution in [-0.2, 0) is 0 Å². The van der Waals surface area contributed by atoms with Crippen LogP contribution in [0.2, 0.25) is 0 Å². The van der Waals surface area contributed by atoms with Gasteiger partial charge in [-0.25, -0.2) is 0 Å². The summed E-state index contributed by atoms with van der Waals surface area (Å²) in [5.74, 6) is 1.24. The molecule has 3 aliphatic heterocycles. The fourth-order valence-corrected chi connectivity index (χ4v) is 3.00. The highest BCUT2D eigenvalue weighted by Gasteiger charge is 2.35. The fraction of sp³-hybridized carbons (Fsp3) is 0.400. The largest absolute Gasteiger partial charge is 0.496 e. The molecule has 1 N–H and O–H groups in total. The molecule has 0 aliphatic carbocycles. The minimum Gasteiger partial charge on any atom is -0.496 e. The third-order valence-corrected chi connectivity index (χ3v) is 4.02. The number of hydrogen-bond acceptors (Lipinski definition) is 4. The van der Waals surface area contributed by atoms with Crippen molar-refractivity contribution >= 4 is 11.8 Å². The Balaban J connectivity index is 2.02. The zero-order chi connectivity index (χ0) is 13.2. The van der Waals surface area contributed by atoms with Crippen LogP contribution in [0.4, 0.5) is 0 Å². The zero-order valence-corrected chi connectivity index (χ0v) is 11.0. The predicted molar refractivity (Wildman–Crippen MR) is 74.5 cm³/mol. The number of para-hydroxylation sites is 1. The summed E-state index contributed by atoms with van der Waals surface area (Å²) in [6.45, 7) is 2.09. The second-order valence-electron chi connectivity index (χ2n) is 5.02. The molecule has 3 heterocycles. The van der Waals surface area contributed by atoms with Gasteiger partial charge in [0, 0.05) is 24.6 Å². The van der Waals surface area contributed by atoms with Crippen molar-refractivity contribution in [2.45, 2.75) is 12.8 Å². The average Bonchev–Trinajstić information content (AvgIpc) is 2.49. The first-order valence-electron chi connectivity index (χ1n) is 6.65. The maximum absolute atomic E-state index is 9.28. The molecule has 4 nitrogen and oxygen atoms in total. The van der Waals surface area contributed by atoms with Crippen molar-refractivity contribution in [1.82, 2.24) is 4.90 Å². The number of methoxy groups -OCH3 is 1. The van der Waals surface area contributed by atoms with Crippen LogP contribution < -0.4 is 4.74 Å². The number of ether oxygens (including phenoxy) is 1. The predicted octanol–water partition coefficient (Wildman–Crippen LogP) is 2.59. The van der Waals surface area contributed by atoms with Crippen molar-refractivity contribution < 1.29 is 9.94 Å². The highest BCUT2D eigenvalue weighted by atomic mass is 16.5. The van der Waals surface area contributed by atoms with Gasteiger partial charge in [-0.2, -0.15) is 0 Å². The van der Waals surface area contributed by atoms with Crippen LogP contribution in [-0.4, -0.2) is 36.0 Å². The van der Waals surface area contributed by atoms with E-state index in [2.05, 4.69) is 16.1 Å². The van der Waals surface area contributed by atoms with Crippen LogP contribution in [0, 0.1) is 5.92 Å². The van der Waals surface area contributed by atoms with Gasteiger partial charge in [-0.05, 0) is 25.0 Å². The van der Waals surface area contributed by atoms with Gasteiger partial charge in [0.15, 0.2) is 0 Å². The van der Waals surface area contributed by atoms with Crippen LogP contribution in [0.15, 0.2) is 35.1 Å². The molecular weight excluding hydrogens is 240 g/mol. The topological polar surface area (TPSA) is 45.1 Å². The van der Waals surface area contributed by atoms with Gasteiger partial charge in [-0.3, -0.25) is 0 Å². The smallest absolute Gasteiger partial charge is 0.126 e. The van der Waals surface area contributed by atoms with Gasteiger partial charge >= 0.3 is 0 Å². The molecule has 4 heteroatoms. The van der Waals surface area contributed by atoms with Crippen LogP contribution in [0.3, 0.4) is 0 Å². The molecule has 1 aromatic carbocycles. The molecule has 3 saturated heterocycles. The SMILES string of the molecule is COc1ccccc1/C=C1/C(=N\O)C2CCN1CC2. The summed E-state index contributed by atoms with van der Waals surface area (Å²) in [6.07, 6.45) is 4.24. The molecular formula is C15H18N2O2. The van der Waals surface area contributed by atoms with Crippen molar-refractivity contribution in [1.29, 1.82) is 0 Å². The Bertz CT molecular complexity index is 529. The molecule has 0 aromatic heterocycles. The van der Waals surface area contributed by atoms with Gasteiger partial charge in [0.05, 0.1) is 12.8 Å². The minimum atomic E-state index is 0.399. The molecule has 0 atom stereocenters. The number of benzene rings is 1. The Hall–Kier alpha value is -1.97. The Kier molecular flexibility index (Phi) is 3.15. The summed E-state index contributed by atoms with van der Waals surface area (Å²) in [5, 5.41) is 12.8. The number of oxime groups is 1. The zero-order valence-electron chi connectivity index (χ0n) is 11.0. The third kappa shape index (κ3) is 2.07. The lowest BCUT2D eigenvalue weighted by atomic mass is 9.83. The number of nitrogens with zero attached hydrogens (tertiary/aromatic N) is 2. The number of piperidine rings is 3. The summed E-state index contributed by atoms with van der Waals surface area (Å²) in [5.41, 5.74) is 2.88. The van der Waals surface area contributed by atoms with E-state index < -0.39 is 0 Å². The molecule has 0 saturated carbocycles. The normalized spacial score (nSPS) is 23.3. The molecule has 100 valence electrons. The highest BCUT2D eigenvalue weighted by molar-refractivity contribution is 6.05. The molecule has 2 bridgehead atoms. The first-order valence-corrected chi connectivity index (χ1v) is 6.65. The van der Waals surface area contributed by atoms with Gasteiger partial charge in [0.25, 0.3) is 0 Å². The van der Waals surface area contributed by atoms with E-state index in [1.807, 2.05) is 24.3 Å². The minimum absolute atomic E-state index is 0.399. The number of allylic oxidation sites excluding steroid dienone is 1. The summed E-state index contributed by atoms with van der Waals surface area (Å²) in [6, 6.07) is 7.90. The van der Waals surface area contributed by atoms with E-state index in [9.17, 15) is 5.21 Å².